The Kier molecular flexibility index (Phi) is 5.10. The molecule has 0 atom stereocenters. The summed E-state index contributed by atoms with van der Waals surface area (Å²) in [6, 6.07) is 8.04. The molecule has 0 aliphatic carbocycles. The number of rotatable bonds is 5. The van der Waals surface area contributed by atoms with Crippen molar-refractivity contribution in [2.75, 3.05) is 7.11 Å². The Balaban J connectivity index is 2.14. The van der Waals surface area contributed by atoms with Gasteiger partial charge in [0, 0.05) is 0 Å². The fourth-order valence-corrected chi connectivity index (χ4v) is 1.62. The van der Waals surface area contributed by atoms with E-state index >= 15 is 0 Å². The lowest BCUT2D eigenvalue weighted by Gasteiger charge is -2.08. The van der Waals surface area contributed by atoms with Gasteiger partial charge in [0.25, 0.3) is 0 Å². The van der Waals surface area contributed by atoms with Gasteiger partial charge in [-0.2, -0.15) is 5.10 Å². The topological polar surface area (TPSA) is 99.1 Å². The summed E-state index contributed by atoms with van der Waals surface area (Å²) >= 11 is 4.63. The average molecular weight is 319 g/mol. The van der Waals surface area contributed by atoms with Gasteiger partial charge >= 0.3 is 5.97 Å². The molecule has 0 saturated heterocycles. The summed E-state index contributed by atoms with van der Waals surface area (Å²) in [5.74, 6) is 0.135. The van der Waals surface area contributed by atoms with Crippen LogP contribution in [0.25, 0.3) is 0 Å². The largest absolute Gasteiger partial charge is 0.493 e. The molecule has 0 fully saturated rings. The van der Waals surface area contributed by atoms with Gasteiger partial charge in [0.1, 0.15) is 0 Å². The van der Waals surface area contributed by atoms with Crippen LogP contribution in [0.4, 0.5) is 0 Å². The van der Waals surface area contributed by atoms with Crippen LogP contribution in [0.1, 0.15) is 16.1 Å². The van der Waals surface area contributed by atoms with Gasteiger partial charge in [0.05, 0.1) is 19.6 Å². The van der Waals surface area contributed by atoms with Gasteiger partial charge in [-0.25, -0.2) is 4.79 Å². The van der Waals surface area contributed by atoms with Gasteiger partial charge in [-0.3, -0.25) is 5.43 Å². The summed E-state index contributed by atoms with van der Waals surface area (Å²) in [5, 5.41) is 3.89. The molecule has 3 N–H and O–H groups in total. The smallest absolute Gasteiger partial charge is 0.379 e. The maximum Gasteiger partial charge on any atom is 0.379 e. The second-order valence-corrected chi connectivity index (χ2v) is 4.45. The van der Waals surface area contributed by atoms with E-state index < -0.39 is 5.97 Å². The standard InChI is InChI=1S/C14H13N3O4S/c1-19-12-7-9(8-16-17-14(15)22)4-5-10(12)21-13(18)11-3-2-6-20-11/h2-8H,1H3,(H3,15,17,22)/b16-8+. The van der Waals surface area contributed by atoms with Crippen LogP contribution < -0.4 is 20.6 Å². The summed E-state index contributed by atoms with van der Waals surface area (Å²) in [7, 11) is 1.47. The number of thiocarbonyl (C=S) groups is 1. The van der Waals surface area contributed by atoms with Crippen LogP contribution in [0.3, 0.4) is 0 Å². The Hall–Kier alpha value is -2.87. The van der Waals surface area contributed by atoms with Crippen molar-refractivity contribution in [3.8, 4) is 11.5 Å². The van der Waals surface area contributed by atoms with E-state index in [0.29, 0.717) is 11.3 Å². The molecule has 0 aliphatic heterocycles. The molecule has 0 radical (unpaired) electrons. The lowest BCUT2D eigenvalue weighted by Crippen LogP contribution is -2.23. The van der Waals surface area contributed by atoms with E-state index in [1.165, 1.54) is 25.7 Å². The van der Waals surface area contributed by atoms with E-state index in [4.69, 9.17) is 19.6 Å². The quantitative estimate of drug-likeness (QED) is 0.284. The summed E-state index contributed by atoms with van der Waals surface area (Å²) in [6.07, 6.45) is 2.89. The first-order chi connectivity index (χ1) is 10.6. The molecule has 0 bridgehead atoms. The molecule has 8 heteroatoms. The Morgan fingerprint density at radius 1 is 1.41 bits per heavy atom. The monoisotopic (exact) mass is 319 g/mol. The third-order valence-corrected chi connectivity index (χ3v) is 2.59. The lowest BCUT2D eigenvalue weighted by atomic mass is 10.2. The Labute approximate surface area is 131 Å². The van der Waals surface area contributed by atoms with Gasteiger partial charge in [-0.05, 0) is 48.1 Å². The zero-order chi connectivity index (χ0) is 15.9. The predicted octanol–water partition coefficient (Wildman–Crippen LogP) is 1.67. The van der Waals surface area contributed by atoms with Gasteiger partial charge in [-0.15, -0.1) is 0 Å². The number of benzene rings is 1. The van der Waals surface area contributed by atoms with Crippen LogP contribution in [-0.4, -0.2) is 24.4 Å². The van der Waals surface area contributed by atoms with E-state index in [1.54, 1.807) is 24.3 Å². The molecule has 7 nitrogen and oxygen atoms in total. The number of nitrogens with one attached hydrogen (secondary N) is 1. The van der Waals surface area contributed by atoms with Crippen LogP contribution in [0, 0.1) is 0 Å². The Morgan fingerprint density at radius 2 is 2.23 bits per heavy atom. The average Bonchev–Trinajstić information content (AvgIpc) is 3.02. The van der Waals surface area contributed by atoms with Gasteiger partial charge < -0.3 is 19.6 Å². The molecule has 0 aliphatic rings. The Bertz CT molecular complexity index is 698. The fourth-order valence-electron chi connectivity index (χ4n) is 1.56. The molecule has 0 saturated carbocycles. The number of hydrazone groups is 1. The highest BCUT2D eigenvalue weighted by atomic mass is 32.1. The summed E-state index contributed by atoms with van der Waals surface area (Å²) < 4.78 is 15.4. The number of furan rings is 1. The SMILES string of the molecule is COc1cc(/C=N/NC(N)=S)ccc1OC(=O)c1ccco1. The van der Waals surface area contributed by atoms with Crippen LogP contribution in [0.5, 0.6) is 11.5 Å². The number of esters is 1. The maximum atomic E-state index is 11.8. The minimum absolute atomic E-state index is 0.0622. The molecule has 1 aromatic carbocycles. The van der Waals surface area contributed by atoms with Crippen LogP contribution in [0.2, 0.25) is 0 Å². The fraction of sp³-hybridized carbons (Fsp3) is 0.0714. The number of nitrogens with two attached hydrogens (primary N) is 1. The van der Waals surface area contributed by atoms with Gasteiger partial charge in [-0.1, -0.05) is 0 Å². The van der Waals surface area contributed by atoms with Gasteiger partial charge in [0.2, 0.25) is 5.76 Å². The molecule has 1 aromatic heterocycles. The molecule has 0 spiro atoms. The summed E-state index contributed by atoms with van der Waals surface area (Å²) in [4.78, 5) is 11.8. The number of hydrogen-bond donors (Lipinski definition) is 2. The van der Waals surface area contributed by atoms with Crippen molar-refractivity contribution in [3.63, 3.8) is 0 Å². The van der Waals surface area contributed by atoms with Crippen LogP contribution in [0.15, 0.2) is 46.1 Å². The van der Waals surface area contributed by atoms with Crippen molar-refractivity contribution < 1.29 is 18.7 Å². The third kappa shape index (κ3) is 4.06. The number of carbonyl (C=O) groups is 1. The zero-order valence-corrected chi connectivity index (χ0v) is 12.4. The number of nitrogens with zero attached hydrogens (tertiary/aromatic N) is 1. The first kappa shape index (κ1) is 15.5. The van der Waals surface area contributed by atoms with E-state index in [9.17, 15) is 4.79 Å². The van der Waals surface area contributed by atoms with Crippen molar-refractivity contribution in [1.29, 1.82) is 0 Å². The second-order valence-electron chi connectivity index (χ2n) is 4.01. The van der Waals surface area contributed by atoms with Crippen molar-refractivity contribution in [3.05, 3.63) is 47.9 Å². The summed E-state index contributed by atoms with van der Waals surface area (Å²) in [6.45, 7) is 0. The molecule has 2 rings (SSSR count). The second kappa shape index (κ2) is 7.23. The first-order valence-corrected chi connectivity index (χ1v) is 6.53. The van der Waals surface area contributed by atoms with E-state index in [0.717, 1.165) is 0 Å². The molecule has 0 amide bonds. The van der Waals surface area contributed by atoms with E-state index in [1.807, 2.05) is 0 Å². The highest BCUT2D eigenvalue weighted by Gasteiger charge is 2.14. The molecular formula is C14H13N3O4S. The van der Waals surface area contributed by atoms with Crippen LogP contribution in [-0.2, 0) is 0 Å². The van der Waals surface area contributed by atoms with Crippen molar-refractivity contribution in [1.82, 2.24) is 5.43 Å². The number of ether oxygens (including phenoxy) is 2. The van der Waals surface area contributed by atoms with Crippen molar-refractivity contribution in [2.24, 2.45) is 10.8 Å². The van der Waals surface area contributed by atoms with Crippen molar-refractivity contribution >= 4 is 29.5 Å². The van der Waals surface area contributed by atoms with E-state index in [-0.39, 0.29) is 16.6 Å². The van der Waals surface area contributed by atoms with Crippen molar-refractivity contribution in [2.45, 2.75) is 0 Å². The maximum absolute atomic E-state index is 11.8. The number of carbonyl (C=O) groups excluding carboxylic acids is 1. The molecule has 1 heterocycles. The van der Waals surface area contributed by atoms with Crippen LogP contribution >= 0.6 is 12.2 Å². The zero-order valence-electron chi connectivity index (χ0n) is 11.6. The molecule has 22 heavy (non-hydrogen) atoms. The number of hydrogen-bond acceptors (Lipinski definition) is 6. The normalized spacial score (nSPS) is 10.4. The third-order valence-electron chi connectivity index (χ3n) is 2.50. The van der Waals surface area contributed by atoms with E-state index in [2.05, 4.69) is 22.7 Å². The molecular weight excluding hydrogens is 306 g/mol. The molecule has 2 aromatic rings. The predicted molar refractivity (Wildman–Crippen MR) is 84.2 cm³/mol. The highest BCUT2D eigenvalue weighted by Crippen LogP contribution is 2.28. The minimum atomic E-state index is -0.611. The first-order valence-electron chi connectivity index (χ1n) is 6.12. The number of methoxy groups -OCH3 is 1. The molecule has 114 valence electrons. The van der Waals surface area contributed by atoms with Gasteiger partial charge in [0.15, 0.2) is 16.6 Å². The highest BCUT2D eigenvalue weighted by molar-refractivity contribution is 7.80. The minimum Gasteiger partial charge on any atom is -0.493 e. The Morgan fingerprint density at radius 3 is 2.86 bits per heavy atom. The lowest BCUT2D eigenvalue weighted by molar-refractivity contribution is 0.0696. The molecule has 0 unspecified atom stereocenters. The summed E-state index contributed by atoms with van der Waals surface area (Å²) in [5.41, 5.74) is 8.40.